The fraction of sp³-hybridized carbons (Fsp3) is 0.500. The van der Waals surface area contributed by atoms with Crippen LogP contribution in [0, 0.1) is 5.82 Å². The Kier molecular flexibility index (Phi) is 8.26. The lowest BCUT2D eigenvalue weighted by molar-refractivity contribution is -0.119. The molecule has 0 bridgehead atoms. The average Bonchev–Trinajstić information content (AvgIpc) is 2.83. The molecule has 0 spiro atoms. The molecule has 2 heterocycles. The number of carbonyl (C=O) groups excluding carboxylic acids is 2. The molecule has 1 aromatic carbocycles. The van der Waals surface area contributed by atoms with Gasteiger partial charge in [0.1, 0.15) is 16.8 Å². The highest BCUT2D eigenvalue weighted by molar-refractivity contribution is 7.99. The second kappa shape index (κ2) is 11.4. The second-order valence-corrected chi connectivity index (χ2v) is 10.1. The van der Waals surface area contributed by atoms with E-state index in [2.05, 4.69) is 15.3 Å². The van der Waals surface area contributed by atoms with Crippen LogP contribution in [0.3, 0.4) is 0 Å². The van der Waals surface area contributed by atoms with Crippen molar-refractivity contribution in [1.82, 2.24) is 20.2 Å². The maximum absolute atomic E-state index is 14.1. The third-order valence-electron chi connectivity index (χ3n) is 6.28. The zero-order valence-electron chi connectivity index (χ0n) is 19.2. The van der Waals surface area contributed by atoms with E-state index in [0.29, 0.717) is 35.8 Å². The molecule has 1 saturated carbocycles. The SMILES string of the molecule is CC1CN(c2cc(Cl)nc(SCC(=O)NC3CCCCC3)n2)CCN1C(=O)c1ccccc1F. The molecule has 1 aliphatic heterocycles. The van der Waals surface area contributed by atoms with Crippen molar-refractivity contribution < 1.29 is 14.0 Å². The van der Waals surface area contributed by atoms with Crippen LogP contribution < -0.4 is 10.2 Å². The van der Waals surface area contributed by atoms with Crippen LogP contribution in [0.15, 0.2) is 35.5 Å². The molecule has 2 aromatic rings. The van der Waals surface area contributed by atoms with Crippen LogP contribution in [-0.4, -0.2) is 64.2 Å². The van der Waals surface area contributed by atoms with Crippen molar-refractivity contribution in [3.05, 3.63) is 46.9 Å². The number of aromatic nitrogens is 2. The molecule has 2 aliphatic rings. The summed E-state index contributed by atoms with van der Waals surface area (Å²) in [5, 5.41) is 3.84. The Morgan fingerprint density at radius 1 is 1.18 bits per heavy atom. The van der Waals surface area contributed by atoms with Crippen LogP contribution >= 0.6 is 23.4 Å². The topological polar surface area (TPSA) is 78.4 Å². The van der Waals surface area contributed by atoms with E-state index in [0.717, 1.165) is 25.7 Å². The van der Waals surface area contributed by atoms with E-state index in [1.807, 2.05) is 11.8 Å². The van der Waals surface area contributed by atoms with Gasteiger partial charge in [-0.3, -0.25) is 9.59 Å². The number of halogens is 2. The number of piperazine rings is 1. The van der Waals surface area contributed by atoms with Crippen LogP contribution in [-0.2, 0) is 4.79 Å². The highest BCUT2D eigenvalue weighted by Crippen LogP contribution is 2.25. The first kappa shape index (κ1) is 24.7. The van der Waals surface area contributed by atoms with Gasteiger partial charge in [0.15, 0.2) is 5.16 Å². The molecule has 10 heteroatoms. The Hall–Kier alpha value is -2.39. The molecule has 1 atom stereocenters. The average molecular weight is 506 g/mol. The van der Waals surface area contributed by atoms with Gasteiger partial charge in [-0.2, -0.15) is 0 Å². The quantitative estimate of drug-likeness (QED) is 0.361. The third kappa shape index (κ3) is 6.18. The van der Waals surface area contributed by atoms with Crippen molar-refractivity contribution >= 4 is 41.0 Å². The third-order valence-corrected chi connectivity index (χ3v) is 7.32. The summed E-state index contributed by atoms with van der Waals surface area (Å²) in [5.41, 5.74) is 0.0815. The molecule has 0 radical (unpaired) electrons. The minimum atomic E-state index is -0.515. The van der Waals surface area contributed by atoms with Gasteiger partial charge in [0.05, 0.1) is 11.3 Å². The molecule has 2 amide bonds. The van der Waals surface area contributed by atoms with Crippen molar-refractivity contribution in [2.45, 2.75) is 56.3 Å². The van der Waals surface area contributed by atoms with E-state index in [1.54, 1.807) is 23.1 Å². The Morgan fingerprint density at radius 2 is 1.94 bits per heavy atom. The predicted molar refractivity (Wildman–Crippen MR) is 132 cm³/mol. The molecule has 1 unspecified atom stereocenters. The van der Waals surface area contributed by atoms with E-state index in [-0.39, 0.29) is 35.2 Å². The lowest BCUT2D eigenvalue weighted by Crippen LogP contribution is -2.54. The first-order valence-electron chi connectivity index (χ1n) is 11.7. The maximum Gasteiger partial charge on any atom is 0.257 e. The molecule has 7 nitrogen and oxygen atoms in total. The number of rotatable bonds is 6. The largest absolute Gasteiger partial charge is 0.353 e. The van der Waals surface area contributed by atoms with Gasteiger partial charge in [-0.1, -0.05) is 54.8 Å². The van der Waals surface area contributed by atoms with E-state index in [1.165, 1.54) is 30.3 Å². The monoisotopic (exact) mass is 505 g/mol. The van der Waals surface area contributed by atoms with Crippen LogP contribution in [0.5, 0.6) is 0 Å². The number of hydrogen-bond donors (Lipinski definition) is 1. The highest BCUT2D eigenvalue weighted by Gasteiger charge is 2.30. The Labute approximate surface area is 208 Å². The fourth-order valence-electron chi connectivity index (χ4n) is 4.52. The van der Waals surface area contributed by atoms with Crippen molar-refractivity contribution in [3.8, 4) is 0 Å². The fourth-order valence-corrected chi connectivity index (χ4v) is 5.41. The van der Waals surface area contributed by atoms with Crippen LogP contribution in [0.4, 0.5) is 10.2 Å². The first-order chi connectivity index (χ1) is 16.4. The van der Waals surface area contributed by atoms with Gasteiger partial charge >= 0.3 is 0 Å². The highest BCUT2D eigenvalue weighted by atomic mass is 35.5. The standard InChI is InChI=1S/C24H29ClFN5O2S/c1-16-14-30(11-12-31(16)23(33)18-9-5-6-10-19(18)26)21-13-20(25)28-24(29-21)34-15-22(32)27-17-7-3-2-4-8-17/h5-6,9-10,13,16-17H,2-4,7-8,11-12,14-15H2,1H3,(H,27,32). The minimum absolute atomic E-state index is 0.0177. The number of anilines is 1. The molecule has 4 rings (SSSR count). The summed E-state index contributed by atoms with van der Waals surface area (Å²) in [6.07, 6.45) is 5.65. The first-order valence-corrected chi connectivity index (χ1v) is 13.0. The van der Waals surface area contributed by atoms with Crippen molar-refractivity contribution in [1.29, 1.82) is 0 Å². The molecule has 34 heavy (non-hydrogen) atoms. The Morgan fingerprint density at radius 3 is 2.68 bits per heavy atom. The second-order valence-electron chi connectivity index (χ2n) is 8.80. The van der Waals surface area contributed by atoms with E-state index in [4.69, 9.17) is 11.6 Å². The summed E-state index contributed by atoms with van der Waals surface area (Å²) in [4.78, 5) is 37.8. The van der Waals surface area contributed by atoms with E-state index < -0.39 is 5.82 Å². The number of hydrogen-bond acceptors (Lipinski definition) is 6. The molecule has 182 valence electrons. The van der Waals surface area contributed by atoms with Gasteiger partial charge in [-0.05, 0) is 31.9 Å². The summed E-state index contributed by atoms with van der Waals surface area (Å²) < 4.78 is 14.1. The number of carbonyl (C=O) groups is 2. The van der Waals surface area contributed by atoms with Gasteiger partial charge in [0.25, 0.3) is 5.91 Å². The van der Waals surface area contributed by atoms with E-state index in [9.17, 15) is 14.0 Å². The molecular formula is C24H29ClFN5O2S. The predicted octanol–water partition coefficient (Wildman–Crippen LogP) is 4.16. The Bertz CT molecular complexity index is 1040. The summed E-state index contributed by atoms with van der Waals surface area (Å²) in [7, 11) is 0. The van der Waals surface area contributed by atoms with Gasteiger partial charge in [-0.15, -0.1) is 0 Å². The minimum Gasteiger partial charge on any atom is -0.353 e. The normalized spacial score (nSPS) is 19.2. The molecule has 1 aliphatic carbocycles. The molecule has 1 N–H and O–H groups in total. The van der Waals surface area contributed by atoms with Crippen LogP contribution in [0.2, 0.25) is 5.15 Å². The van der Waals surface area contributed by atoms with Crippen molar-refractivity contribution in [2.24, 2.45) is 0 Å². The van der Waals surface area contributed by atoms with E-state index >= 15 is 0 Å². The van der Waals surface area contributed by atoms with Crippen molar-refractivity contribution in [3.63, 3.8) is 0 Å². The Balaban J connectivity index is 1.36. The molecule has 1 aromatic heterocycles. The maximum atomic E-state index is 14.1. The number of nitrogens with zero attached hydrogens (tertiary/aromatic N) is 4. The summed E-state index contributed by atoms with van der Waals surface area (Å²) in [6, 6.07) is 7.85. The van der Waals surface area contributed by atoms with Crippen LogP contribution in [0.25, 0.3) is 0 Å². The molecule has 1 saturated heterocycles. The lowest BCUT2D eigenvalue weighted by Gasteiger charge is -2.40. The van der Waals surface area contributed by atoms with Crippen LogP contribution in [0.1, 0.15) is 49.4 Å². The summed E-state index contributed by atoms with van der Waals surface area (Å²) in [5.74, 6) is 0.0403. The number of thioether (sulfide) groups is 1. The number of amides is 2. The lowest BCUT2D eigenvalue weighted by atomic mass is 9.95. The molecule has 2 fully saturated rings. The zero-order valence-corrected chi connectivity index (χ0v) is 20.7. The van der Waals surface area contributed by atoms with Gasteiger partial charge in [0, 0.05) is 37.8 Å². The van der Waals surface area contributed by atoms with Gasteiger partial charge < -0.3 is 15.1 Å². The number of nitrogens with one attached hydrogen (secondary N) is 1. The van der Waals surface area contributed by atoms with Crippen molar-refractivity contribution in [2.75, 3.05) is 30.3 Å². The van der Waals surface area contributed by atoms with Gasteiger partial charge in [-0.25, -0.2) is 14.4 Å². The van der Waals surface area contributed by atoms with Gasteiger partial charge in [0.2, 0.25) is 5.91 Å². The molecular weight excluding hydrogens is 477 g/mol. The number of benzene rings is 1. The smallest absolute Gasteiger partial charge is 0.257 e. The summed E-state index contributed by atoms with van der Waals surface area (Å²) >= 11 is 7.52. The zero-order chi connectivity index (χ0) is 24.1. The summed E-state index contributed by atoms with van der Waals surface area (Å²) in [6.45, 7) is 3.42.